The second-order valence-corrected chi connectivity index (χ2v) is 9.96. The molecule has 2 amide bonds. The van der Waals surface area contributed by atoms with Crippen LogP contribution in [0.1, 0.15) is 27.7 Å². The molecule has 0 spiro atoms. The molecule has 4 aromatic rings. The normalized spacial score (nSPS) is 11.0. The highest BCUT2D eigenvalue weighted by atomic mass is 35.5. The maximum Gasteiger partial charge on any atom is 0.337 e. The van der Waals surface area contributed by atoms with Crippen molar-refractivity contribution < 1.29 is 9.59 Å². The van der Waals surface area contributed by atoms with Gasteiger partial charge in [-0.25, -0.2) is 9.36 Å². The van der Waals surface area contributed by atoms with E-state index in [-0.39, 0.29) is 22.7 Å². The Balaban J connectivity index is 1.88. The number of nitrogens with zero attached hydrogens (tertiary/aromatic N) is 3. The number of aromatic nitrogens is 2. The van der Waals surface area contributed by atoms with E-state index in [1.54, 1.807) is 57.4 Å². The van der Waals surface area contributed by atoms with Crippen molar-refractivity contribution in [3.63, 3.8) is 0 Å². The second-order valence-electron chi connectivity index (χ2n) is 8.52. The zero-order valence-corrected chi connectivity index (χ0v) is 21.9. The average Bonchev–Trinajstić information content (AvgIpc) is 3.20. The number of fused-ring (bicyclic) bond motifs is 1. The number of thiophene rings is 1. The van der Waals surface area contributed by atoms with Crippen molar-refractivity contribution >= 4 is 50.7 Å². The summed E-state index contributed by atoms with van der Waals surface area (Å²) in [6.45, 7) is 3.38. The van der Waals surface area contributed by atoms with Crippen LogP contribution in [0.2, 0.25) is 5.02 Å². The third-order valence-corrected chi connectivity index (χ3v) is 7.40. The van der Waals surface area contributed by atoms with Gasteiger partial charge in [-0.05, 0) is 60.9 Å². The molecule has 2 aromatic heterocycles. The summed E-state index contributed by atoms with van der Waals surface area (Å²) in [6.07, 6.45) is 0.875. The van der Waals surface area contributed by atoms with Gasteiger partial charge in [0, 0.05) is 24.8 Å². The number of benzene rings is 2. The molecular weight excluding hydrogens is 500 g/mol. The smallest absolute Gasteiger partial charge is 0.337 e. The minimum Gasteiger partial charge on any atom is -0.344 e. The molecule has 0 saturated heterocycles. The Hall–Kier alpha value is -3.69. The van der Waals surface area contributed by atoms with Crippen molar-refractivity contribution in [1.29, 1.82) is 0 Å². The summed E-state index contributed by atoms with van der Waals surface area (Å²) in [5.41, 5.74) is 1.26. The van der Waals surface area contributed by atoms with Gasteiger partial charge in [-0.2, -0.15) is 0 Å². The Bertz CT molecular complexity index is 1580. The van der Waals surface area contributed by atoms with Gasteiger partial charge in [0.15, 0.2) is 0 Å². The molecule has 1 N–H and O–H groups in total. The maximum atomic E-state index is 13.6. The molecular formula is C26H25ClN4O4S. The number of nitrogens with one attached hydrogen (secondary N) is 1. The van der Waals surface area contributed by atoms with Gasteiger partial charge in [-0.15, -0.1) is 11.3 Å². The van der Waals surface area contributed by atoms with Gasteiger partial charge in [0.1, 0.15) is 11.4 Å². The zero-order chi connectivity index (χ0) is 26.1. The van der Waals surface area contributed by atoms with E-state index in [2.05, 4.69) is 5.32 Å². The first-order valence-corrected chi connectivity index (χ1v) is 12.5. The number of halogens is 1. The van der Waals surface area contributed by atoms with Gasteiger partial charge in [0.05, 0.1) is 16.0 Å². The topological polar surface area (TPSA) is 93.4 Å². The third-order valence-electron chi connectivity index (χ3n) is 5.85. The molecule has 0 saturated carbocycles. The average molecular weight is 525 g/mol. The highest BCUT2D eigenvalue weighted by molar-refractivity contribution is 7.20. The minimum absolute atomic E-state index is 0.222. The SMILES string of the molecule is CCc1ccc(NC(=O)Cn2c(=O)n(-c3ccc(Cl)cc3)c(=O)c3c(C)c(C(=O)N(C)C)sc32)cc1. The molecule has 0 fully saturated rings. The molecule has 2 aromatic carbocycles. The molecule has 0 aliphatic rings. The lowest BCUT2D eigenvalue weighted by atomic mass is 10.1. The van der Waals surface area contributed by atoms with Crippen molar-refractivity contribution in [2.75, 3.05) is 19.4 Å². The molecule has 0 radical (unpaired) electrons. The van der Waals surface area contributed by atoms with Gasteiger partial charge >= 0.3 is 5.69 Å². The molecule has 186 valence electrons. The fourth-order valence-corrected chi connectivity index (χ4v) is 5.32. The number of aryl methyl sites for hydroxylation is 2. The molecule has 0 aliphatic carbocycles. The lowest BCUT2D eigenvalue weighted by Gasteiger charge is -2.13. The van der Waals surface area contributed by atoms with Gasteiger partial charge in [0.25, 0.3) is 11.5 Å². The largest absolute Gasteiger partial charge is 0.344 e. The monoisotopic (exact) mass is 524 g/mol. The zero-order valence-electron chi connectivity index (χ0n) is 20.3. The van der Waals surface area contributed by atoms with E-state index in [9.17, 15) is 19.2 Å². The summed E-state index contributed by atoms with van der Waals surface area (Å²) in [4.78, 5) is 55.0. The quantitative estimate of drug-likeness (QED) is 0.411. The van der Waals surface area contributed by atoms with Crippen LogP contribution in [0.15, 0.2) is 58.1 Å². The van der Waals surface area contributed by atoms with Crippen molar-refractivity contribution in [2.24, 2.45) is 0 Å². The number of hydrogen-bond acceptors (Lipinski definition) is 5. The van der Waals surface area contributed by atoms with Crippen molar-refractivity contribution in [1.82, 2.24) is 14.0 Å². The predicted molar refractivity (Wildman–Crippen MR) is 144 cm³/mol. The highest BCUT2D eigenvalue weighted by Crippen LogP contribution is 2.29. The van der Waals surface area contributed by atoms with E-state index in [0.29, 0.717) is 26.8 Å². The Kier molecular flexibility index (Phi) is 7.14. The van der Waals surface area contributed by atoms with E-state index in [4.69, 9.17) is 11.6 Å². The van der Waals surface area contributed by atoms with Crippen molar-refractivity contribution in [3.8, 4) is 5.69 Å². The standard InChI is InChI=1S/C26H25ClN4O4S/c1-5-16-6-10-18(11-7-16)28-20(32)14-30-25-21(15(2)22(36-25)24(34)29(3)4)23(33)31(26(30)35)19-12-8-17(27)9-13-19/h6-13H,5,14H2,1-4H3,(H,28,32). The molecule has 0 unspecified atom stereocenters. The van der Waals surface area contributed by atoms with Crippen molar-refractivity contribution in [2.45, 2.75) is 26.8 Å². The van der Waals surface area contributed by atoms with E-state index >= 15 is 0 Å². The van der Waals surface area contributed by atoms with Crippen LogP contribution in [-0.2, 0) is 17.8 Å². The van der Waals surface area contributed by atoms with Gasteiger partial charge in [0.2, 0.25) is 5.91 Å². The number of hydrogen-bond donors (Lipinski definition) is 1. The number of anilines is 1. The van der Waals surface area contributed by atoms with E-state index in [0.717, 1.165) is 27.9 Å². The maximum absolute atomic E-state index is 13.6. The van der Waals surface area contributed by atoms with Crippen LogP contribution < -0.4 is 16.6 Å². The van der Waals surface area contributed by atoms with Gasteiger partial charge in [-0.1, -0.05) is 30.7 Å². The fourth-order valence-electron chi connectivity index (χ4n) is 3.88. The van der Waals surface area contributed by atoms with E-state index < -0.39 is 17.2 Å². The Morgan fingerprint density at radius 2 is 1.67 bits per heavy atom. The van der Waals surface area contributed by atoms with Crippen LogP contribution in [0.25, 0.3) is 15.9 Å². The van der Waals surface area contributed by atoms with Crippen molar-refractivity contribution in [3.05, 3.63) is 90.4 Å². The minimum atomic E-state index is -0.684. The number of carbonyl (C=O) groups excluding carboxylic acids is 2. The summed E-state index contributed by atoms with van der Waals surface area (Å²) in [6, 6.07) is 13.7. The lowest BCUT2D eigenvalue weighted by molar-refractivity contribution is -0.116. The number of rotatable bonds is 6. The summed E-state index contributed by atoms with van der Waals surface area (Å²) in [5.74, 6) is -0.721. The summed E-state index contributed by atoms with van der Waals surface area (Å²) in [5, 5.41) is 3.48. The first-order valence-electron chi connectivity index (χ1n) is 11.3. The van der Waals surface area contributed by atoms with Crippen LogP contribution in [0.5, 0.6) is 0 Å². The summed E-state index contributed by atoms with van der Waals surface area (Å²) in [7, 11) is 3.23. The van der Waals surface area contributed by atoms with Gasteiger partial charge in [-0.3, -0.25) is 19.0 Å². The molecule has 36 heavy (non-hydrogen) atoms. The van der Waals surface area contributed by atoms with Crippen LogP contribution >= 0.6 is 22.9 Å². The predicted octanol–water partition coefficient (Wildman–Crippen LogP) is 4.08. The molecule has 0 aliphatic heterocycles. The Labute approximate surface area is 216 Å². The van der Waals surface area contributed by atoms with Crippen LogP contribution in [0, 0.1) is 6.92 Å². The molecule has 10 heteroatoms. The van der Waals surface area contributed by atoms with Crippen LogP contribution in [-0.4, -0.2) is 39.9 Å². The summed E-state index contributed by atoms with van der Waals surface area (Å²) >= 11 is 7.03. The molecule has 0 atom stereocenters. The highest BCUT2D eigenvalue weighted by Gasteiger charge is 2.25. The Morgan fingerprint density at radius 1 is 1.03 bits per heavy atom. The molecule has 4 rings (SSSR count). The summed E-state index contributed by atoms with van der Waals surface area (Å²) < 4.78 is 2.25. The molecule has 8 nitrogen and oxygen atoms in total. The first kappa shape index (κ1) is 25.4. The van der Waals surface area contributed by atoms with E-state index in [1.165, 1.54) is 9.47 Å². The molecule has 2 heterocycles. The second kappa shape index (κ2) is 10.1. The lowest BCUT2D eigenvalue weighted by Crippen LogP contribution is -2.40. The first-order chi connectivity index (χ1) is 17.1. The number of carbonyl (C=O) groups is 2. The van der Waals surface area contributed by atoms with Gasteiger partial charge < -0.3 is 10.2 Å². The number of amides is 2. The third kappa shape index (κ3) is 4.72. The van der Waals surface area contributed by atoms with Crippen LogP contribution in [0.4, 0.5) is 5.69 Å². The van der Waals surface area contributed by atoms with E-state index in [1.807, 2.05) is 19.1 Å². The van der Waals surface area contributed by atoms with Crippen LogP contribution in [0.3, 0.4) is 0 Å². The fraction of sp³-hybridized carbons (Fsp3) is 0.231. The Morgan fingerprint density at radius 3 is 2.25 bits per heavy atom. The molecule has 0 bridgehead atoms.